The normalized spacial score (nSPS) is 13.2. The van der Waals surface area contributed by atoms with Gasteiger partial charge in [0.05, 0.1) is 5.69 Å². The zero-order chi connectivity index (χ0) is 18.7. The number of rotatable bonds is 7. The second-order valence-corrected chi connectivity index (χ2v) is 8.75. The number of hydrogen-bond donors (Lipinski definition) is 1. The van der Waals surface area contributed by atoms with Crippen LogP contribution in [0.2, 0.25) is 0 Å². The van der Waals surface area contributed by atoms with Crippen molar-refractivity contribution in [2.24, 2.45) is 5.92 Å². The zero-order valence-corrected chi connectivity index (χ0v) is 16.4. The van der Waals surface area contributed by atoms with Crippen molar-refractivity contribution in [2.75, 3.05) is 24.9 Å². The Balaban J connectivity index is 3.22. The smallest absolute Gasteiger partial charge is 0.304 e. The number of nitrogens with one attached hydrogen (secondary N) is 1. The van der Waals surface area contributed by atoms with Gasteiger partial charge < -0.3 is 5.32 Å². The molecule has 0 saturated heterocycles. The number of nitrogens with zero attached hydrogens (tertiary/aromatic N) is 2. The Morgan fingerprint density at radius 3 is 2.25 bits per heavy atom. The van der Waals surface area contributed by atoms with Gasteiger partial charge in [-0.05, 0) is 43.9 Å². The van der Waals surface area contributed by atoms with Crippen molar-refractivity contribution in [2.45, 2.75) is 40.7 Å². The van der Waals surface area contributed by atoms with Crippen LogP contribution in [0.25, 0.3) is 0 Å². The fourth-order valence-corrected chi connectivity index (χ4v) is 3.19. The van der Waals surface area contributed by atoms with E-state index >= 15 is 0 Å². The Kier molecular flexibility index (Phi) is 6.80. The highest BCUT2D eigenvalue weighted by Gasteiger charge is 2.29. The molecule has 0 aromatic heterocycles. The van der Waals surface area contributed by atoms with E-state index in [1.807, 2.05) is 46.8 Å². The topological polar surface area (TPSA) is 69.7 Å². The molecule has 24 heavy (non-hydrogen) atoms. The first kappa shape index (κ1) is 20.4. The second-order valence-electron chi connectivity index (χ2n) is 6.69. The molecule has 1 atom stereocenters. The van der Waals surface area contributed by atoms with Crippen molar-refractivity contribution < 1.29 is 13.2 Å². The molecule has 0 heterocycles. The highest BCUT2D eigenvalue weighted by atomic mass is 32.2. The number of hydrogen-bond acceptors (Lipinski definition) is 3. The van der Waals surface area contributed by atoms with E-state index < -0.39 is 10.2 Å². The lowest BCUT2D eigenvalue weighted by Gasteiger charge is -2.29. The fourth-order valence-electron chi connectivity index (χ4n) is 2.07. The van der Waals surface area contributed by atoms with Crippen molar-refractivity contribution in [3.8, 4) is 0 Å². The minimum absolute atomic E-state index is 0.0278. The van der Waals surface area contributed by atoms with E-state index in [0.29, 0.717) is 5.69 Å². The molecular formula is C17H29N3O3S. The summed E-state index contributed by atoms with van der Waals surface area (Å²) in [5.41, 5.74) is 2.26. The summed E-state index contributed by atoms with van der Waals surface area (Å²) in [5, 5.41) is 2.86. The van der Waals surface area contributed by atoms with E-state index in [4.69, 9.17) is 0 Å². The van der Waals surface area contributed by atoms with Gasteiger partial charge >= 0.3 is 10.2 Å². The molecule has 0 aliphatic heterocycles. The molecule has 136 valence electrons. The van der Waals surface area contributed by atoms with Crippen LogP contribution in [-0.4, -0.2) is 45.3 Å². The van der Waals surface area contributed by atoms with Gasteiger partial charge in [-0.1, -0.05) is 26.0 Å². The van der Waals surface area contributed by atoms with Crippen molar-refractivity contribution in [1.82, 2.24) is 9.62 Å². The average molecular weight is 356 g/mol. The third-order valence-electron chi connectivity index (χ3n) is 4.05. The molecule has 6 nitrogen and oxygen atoms in total. The third-order valence-corrected chi connectivity index (χ3v) is 5.85. The Bertz CT molecular complexity index is 684. The van der Waals surface area contributed by atoms with Crippen LogP contribution in [0.15, 0.2) is 18.2 Å². The number of benzene rings is 1. The first-order valence-corrected chi connectivity index (χ1v) is 9.43. The number of anilines is 1. The maximum absolute atomic E-state index is 12.7. The van der Waals surface area contributed by atoms with Gasteiger partial charge in [-0.2, -0.15) is 12.7 Å². The Morgan fingerprint density at radius 2 is 1.75 bits per heavy atom. The van der Waals surface area contributed by atoms with Gasteiger partial charge in [-0.25, -0.2) is 4.31 Å². The van der Waals surface area contributed by atoms with E-state index in [9.17, 15) is 13.2 Å². The van der Waals surface area contributed by atoms with E-state index in [1.54, 1.807) is 6.07 Å². The lowest BCUT2D eigenvalue weighted by Crippen LogP contribution is -2.48. The molecule has 0 aliphatic carbocycles. The molecule has 0 fully saturated rings. The molecule has 0 bridgehead atoms. The summed E-state index contributed by atoms with van der Waals surface area (Å²) in [4.78, 5) is 12.4. The van der Waals surface area contributed by atoms with Crippen molar-refractivity contribution in [3.63, 3.8) is 0 Å². The highest BCUT2D eigenvalue weighted by Crippen LogP contribution is 2.25. The molecule has 1 amide bonds. The van der Waals surface area contributed by atoms with Crippen LogP contribution < -0.4 is 9.62 Å². The zero-order valence-electron chi connectivity index (χ0n) is 15.6. The van der Waals surface area contributed by atoms with Gasteiger partial charge in [0.25, 0.3) is 0 Å². The van der Waals surface area contributed by atoms with Crippen LogP contribution in [0.1, 0.15) is 31.9 Å². The fraction of sp³-hybridized carbons (Fsp3) is 0.588. The first-order valence-electron chi connectivity index (χ1n) is 8.03. The average Bonchev–Trinajstić information content (AvgIpc) is 2.47. The maximum Gasteiger partial charge on any atom is 0.304 e. The number of carbonyl (C=O) groups excluding carboxylic acids is 1. The summed E-state index contributed by atoms with van der Waals surface area (Å²) in [6.45, 7) is 9.40. The minimum atomic E-state index is -3.78. The molecule has 1 aromatic rings. The van der Waals surface area contributed by atoms with Crippen LogP contribution in [0.4, 0.5) is 5.69 Å². The standard InChI is InChI=1S/C17H29N3O3S/c1-12(2)15(5)18-17(21)11-20(24(22,23)19(6)7)16-10-13(3)8-9-14(16)4/h8-10,12,15H,11H2,1-7H3,(H,18,21). The van der Waals surface area contributed by atoms with E-state index in [2.05, 4.69) is 5.32 Å². The van der Waals surface area contributed by atoms with Gasteiger partial charge in [0.1, 0.15) is 6.54 Å². The minimum Gasteiger partial charge on any atom is -0.352 e. The van der Waals surface area contributed by atoms with Gasteiger partial charge in [-0.15, -0.1) is 0 Å². The highest BCUT2D eigenvalue weighted by molar-refractivity contribution is 7.90. The van der Waals surface area contributed by atoms with Crippen LogP contribution in [0, 0.1) is 19.8 Å². The van der Waals surface area contributed by atoms with Gasteiger partial charge in [0.2, 0.25) is 5.91 Å². The Labute approximate surface area is 146 Å². The van der Waals surface area contributed by atoms with Crippen LogP contribution in [0.5, 0.6) is 0 Å². The van der Waals surface area contributed by atoms with Gasteiger partial charge in [0.15, 0.2) is 0 Å². The maximum atomic E-state index is 12.7. The molecule has 7 heteroatoms. The van der Waals surface area contributed by atoms with Crippen LogP contribution in [-0.2, 0) is 15.0 Å². The summed E-state index contributed by atoms with van der Waals surface area (Å²) in [5.74, 6) is -0.0453. The molecule has 1 unspecified atom stereocenters. The van der Waals surface area contributed by atoms with Gasteiger partial charge in [-0.3, -0.25) is 4.79 Å². The third kappa shape index (κ3) is 4.95. The summed E-state index contributed by atoms with van der Waals surface area (Å²) in [6, 6.07) is 5.53. The molecule has 0 spiro atoms. The molecular weight excluding hydrogens is 326 g/mol. The molecule has 1 N–H and O–H groups in total. The summed E-state index contributed by atoms with van der Waals surface area (Å²) in [7, 11) is -0.856. The number of aryl methyl sites for hydroxylation is 2. The molecule has 0 aliphatic rings. The number of amides is 1. The second kappa shape index (κ2) is 7.98. The lowest BCUT2D eigenvalue weighted by molar-refractivity contribution is -0.120. The summed E-state index contributed by atoms with van der Waals surface area (Å²) >= 11 is 0. The quantitative estimate of drug-likeness (QED) is 0.814. The monoisotopic (exact) mass is 355 g/mol. The first-order chi connectivity index (χ1) is 11.0. The van der Waals surface area contributed by atoms with E-state index in [1.165, 1.54) is 14.1 Å². The summed E-state index contributed by atoms with van der Waals surface area (Å²) < 4.78 is 27.7. The predicted molar refractivity (Wildman–Crippen MR) is 98.3 cm³/mol. The molecule has 0 radical (unpaired) electrons. The van der Waals surface area contributed by atoms with E-state index in [-0.39, 0.29) is 24.4 Å². The Hall–Kier alpha value is -1.60. The van der Waals surface area contributed by atoms with E-state index in [0.717, 1.165) is 19.7 Å². The van der Waals surface area contributed by atoms with Crippen molar-refractivity contribution >= 4 is 21.8 Å². The number of carbonyl (C=O) groups is 1. The lowest BCUT2D eigenvalue weighted by atomic mass is 10.1. The van der Waals surface area contributed by atoms with Gasteiger partial charge in [0, 0.05) is 20.1 Å². The van der Waals surface area contributed by atoms with Crippen LogP contribution >= 0.6 is 0 Å². The Morgan fingerprint density at radius 1 is 1.17 bits per heavy atom. The molecule has 1 rings (SSSR count). The van der Waals surface area contributed by atoms with Crippen molar-refractivity contribution in [3.05, 3.63) is 29.3 Å². The van der Waals surface area contributed by atoms with Crippen molar-refractivity contribution in [1.29, 1.82) is 0 Å². The van der Waals surface area contributed by atoms with Crippen LogP contribution in [0.3, 0.4) is 0 Å². The predicted octanol–water partition coefficient (Wildman–Crippen LogP) is 2.08. The molecule has 1 aromatic carbocycles. The summed E-state index contributed by atoms with van der Waals surface area (Å²) in [6.07, 6.45) is 0. The SMILES string of the molecule is Cc1ccc(C)c(N(CC(=O)NC(C)C(C)C)S(=O)(=O)N(C)C)c1. The largest absolute Gasteiger partial charge is 0.352 e. The molecule has 0 saturated carbocycles.